The normalized spacial score (nSPS) is 18.3. The van der Waals surface area contributed by atoms with Crippen molar-refractivity contribution in [3.05, 3.63) is 82.4 Å². The number of pyridine rings is 1. The molecule has 1 aliphatic heterocycles. The van der Waals surface area contributed by atoms with Crippen molar-refractivity contribution in [2.45, 2.75) is 12.5 Å². The molecule has 1 atom stereocenters. The van der Waals surface area contributed by atoms with Gasteiger partial charge in [-0.25, -0.2) is 9.38 Å². The van der Waals surface area contributed by atoms with E-state index in [0.717, 1.165) is 16.9 Å². The van der Waals surface area contributed by atoms with Crippen LogP contribution in [0.3, 0.4) is 0 Å². The van der Waals surface area contributed by atoms with Crippen molar-refractivity contribution in [2.75, 3.05) is 13.7 Å². The van der Waals surface area contributed by atoms with E-state index in [2.05, 4.69) is 9.98 Å². The summed E-state index contributed by atoms with van der Waals surface area (Å²) in [7, 11) is 1.61. The summed E-state index contributed by atoms with van der Waals surface area (Å²) in [5.41, 5.74) is 7.73. The number of aliphatic imine (C=N–C) groups is 1. The first-order valence-corrected chi connectivity index (χ1v) is 9.35. The van der Waals surface area contributed by atoms with E-state index in [1.807, 2.05) is 25.1 Å². The van der Waals surface area contributed by atoms with Gasteiger partial charge in [0.25, 0.3) is 6.02 Å². The minimum absolute atomic E-state index is 0.0210. The second-order valence-corrected chi connectivity index (χ2v) is 7.28. The molecule has 3 aromatic rings. The molecule has 7 heteroatoms. The minimum Gasteiger partial charge on any atom is -0.496 e. The van der Waals surface area contributed by atoms with Gasteiger partial charge in [-0.3, -0.25) is 4.98 Å². The number of methoxy groups -OCH3 is 1. The number of hydrogen-bond acceptors (Lipinski definition) is 5. The van der Waals surface area contributed by atoms with E-state index in [1.165, 1.54) is 6.20 Å². The Morgan fingerprint density at radius 1 is 1.21 bits per heavy atom. The molecule has 2 aromatic carbocycles. The summed E-state index contributed by atoms with van der Waals surface area (Å²) < 4.78 is 26.6. The van der Waals surface area contributed by atoms with E-state index in [9.17, 15) is 0 Å². The molecule has 0 amide bonds. The Balaban J connectivity index is 1.92. The van der Waals surface area contributed by atoms with Crippen molar-refractivity contribution in [1.82, 2.24) is 4.98 Å². The number of halogens is 2. The third kappa shape index (κ3) is 3.29. The molecule has 0 saturated carbocycles. The minimum atomic E-state index is -1.10. The number of benzene rings is 2. The molecule has 0 saturated heterocycles. The van der Waals surface area contributed by atoms with E-state index in [4.69, 9.17) is 26.8 Å². The summed E-state index contributed by atoms with van der Waals surface area (Å²) in [6.45, 7) is 2.02. The Morgan fingerprint density at radius 2 is 2.03 bits per heavy atom. The van der Waals surface area contributed by atoms with Crippen LogP contribution in [-0.4, -0.2) is 24.7 Å². The van der Waals surface area contributed by atoms with Gasteiger partial charge in [-0.05, 0) is 36.2 Å². The van der Waals surface area contributed by atoms with Crippen LogP contribution in [0.1, 0.15) is 16.7 Å². The lowest BCUT2D eigenvalue weighted by molar-refractivity contribution is 0.275. The van der Waals surface area contributed by atoms with Gasteiger partial charge >= 0.3 is 0 Å². The number of ether oxygens (including phenoxy) is 2. The molecular formula is C22H19ClFN3O2. The van der Waals surface area contributed by atoms with Gasteiger partial charge < -0.3 is 15.2 Å². The van der Waals surface area contributed by atoms with Crippen LogP contribution in [-0.2, 0) is 10.3 Å². The first kappa shape index (κ1) is 19.2. The highest BCUT2D eigenvalue weighted by Crippen LogP contribution is 2.42. The molecule has 0 bridgehead atoms. The summed E-state index contributed by atoms with van der Waals surface area (Å²) in [5.74, 6) is 0.311. The van der Waals surface area contributed by atoms with Gasteiger partial charge in [-0.15, -0.1) is 0 Å². The average molecular weight is 412 g/mol. The highest BCUT2D eigenvalue weighted by atomic mass is 35.5. The number of nitrogens with zero attached hydrogens (tertiary/aromatic N) is 2. The highest BCUT2D eigenvalue weighted by Gasteiger charge is 2.42. The van der Waals surface area contributed by atoms with Crippen LogP contribution < -0.4 is 10.5 Å². The van der Waals surface area contributed by atoms with Gasteiger partial charge in [0, 0.05) is 29.1 Å². The standard InChI is InChI=1S/C22H19ClFN3O2/c1-13-8-15(6-7-19(13)28-2)22(12-29-21(25)27-22)18-5-3-4-17(20(18)24)14-9-16(23)11-26-10-14/h3-11H,12H2,1-2H3,(H2,25,27). The zero-order valence-electron chi connectivity index (χ0n) is 15.9. The molecule has 2 N–H and O–H groups in total. The summed E-state index contributed by atoms with van der Waals surface area (Å²) >= 11 is 6.05. The zero-order valence-corrected chi connectivity index (χ0v) is 16.7. The van der Waals surface area contributed by atoms with Crippen LogP contribution in [0, 0.1) is 12.7 Å². The summed E-state index contributed by atoms with van der Waals surface area (Å²) in [6.07, 6.45) is 3.07. The first-order chi connectivity index (χ1) is 13.9. The molecule has 1 aliphatic rings. The van der Waals surface area contributed by atoms with Crippen LogP contribution in [0.15, 0.2) is 59.9 Å². The van der Waals surface area contributed by atoms with Crippen molar-refractivity contribution in [2.24, 2.45) is 10.7 Å². The number of aryl methyl sites for hydroxylation is 1. The molecule has 0 spiro atoms. The molecular weight excluding hydrogens is 393 g/mol. The first-order valence-electron chi connectivity index (χ1n) is 8.98. The largest absolute Gasteiger partial charge is 0.496 e. The third-order valence-electron chi connectivity index (χ3n) is 5.06. The lowest BCUT2D eigenvalue weighted by atomic mass is 9.82. The maximum atomic E-state index is 15.8. The van der Waals surface area contributed by atoms with E-state index in [0.29, 0.717) is 21.7 Å². The number of hydrogen-bond donors (Lipinski definition) is 1. The predicted molar refractivity (Wildman–Crippen MR) is 111 cm³/mol. The van der Waals surface area contributed by atoms with Crippen molar-refractivity contribution in [3.63, 3.8) is 0 Å². The van der Waals surface area contributed by atoms with Gasteiger partial charge in [-0.2, -0.15) is 0 Å². The summed E-state index contributed by atoms with van der Waals surface area (Å²) in [6, 6.07) is 12.4. The van der Waals surface area contributed by atoms with E-state index < -0.39 is 11.4 Å². The zero-order chi connectivity index (χ0) is 20.6. The maximum Gasteiger partial charge on any atom is 0.283 e. The Hall–Kier alpha value is -3.12. The van der Waals surface area contributed by atoms with E-state index >= 15 is 4.39 Å². The van der Waals surface area contributed by atoms with Gasteiger partial charge in [0.05, 0.1) is 12.1 Å². The van der Waals surface area contributed by atoms with Crippen LogP contribution in [0.4, 0.5) is 4.39 Å². The average Bonchev–Trinajstić information content (AvgIpc) is 3.11. The Morgan fingerprint density at radius 3 is 2.69 bits per heavy atom. The third-order valence-corrected chi connectivity index (χ3v) is 5.27. The highest BCUT2D eigenvalue weighted by molar-refractivity contribution is 6.30. The molecule has 5 nitrogen and oxygen atoms in total. The molecule has 0 radical (unpaired) electrons. The van der Waals surface area contributed by atoms with Crippen molar-refractivity contribution < 1.29 is 13.9 Å². The quantitative estimate of drug-likeness (QED) is 0.688. The molecule has 29 heavy (non-hydrogen) atoms. The molecule has 4 rings (SSSR count). The fourth-order valence-corrected chi connectivity index (χ4v) is 3.82. The van der Waals surface area contributed by atoms with E-state index in [1.54, 1.807) is 37.6 Å². The SMILES string of the molecule is COc1ccc(C2(c3cccc(-c4cncc(Cl)c4)c3F)COC(N)=N2)cc1C. The van der Waals surface area contributed by atoms with E-state index in [-0.39, 0.29) is 12.6 Å². The number of aromatic nitrogens is 1. The van der Waals surface area contributed by atoms with Gasteiger partial charge in [-0.1, -0.05) is 35.9 Å². The fraction of sp³-hybridized carbons (Fsp3) is 0.182. The molecule has 1 aromatic heterocycles. The van der Waals surface area contributed by atoms with Crippen LogP contribution in [0.25, 0.3) is 11.1 Å². The predicted octanol–water partition coefficient (Wildman–Crippen LogP) is 4.45. The number of rotatable bonds is 4. The second-order valence-electron chi connectivity index (χ2n) is 6.84. The van der Waals surface area contributed by atoms with Gasteiger partial charge in [0.1, 0.15) is 18.2 Å². The number of nitrogens with two attached hydrogens (primary N) is 1. The molecule has 0 aliphatic carbocycles. The topological polar surface area (TPSA) is 69.7 Å². The van der Waals surface area contributed by atoms with Gasteiger partial charge in [0.15, 0.2) is 5.54 Å². The maximum absolute atomic E-state index is 15.8. The summed E-state index contributed by atoms with van der Waals surface area (Å²) in [4.78, 5) is 8.58. The van der Waals surface area contributed by atoms with Gasteiger partial charge in [0.2, 0.25) is 0 Å². The Labute approximate surface area is 173 Å². The van der Waals surface area contributed by atoms with Crippen molar-refractivity contribution >= 4 is 17.6 Å². The Kier molecular flexibility index (Phi) is 4.88. The Bertz CT molecular complexity index is 1120. The lowest BCUT2D eigenvalue weighted by Crippen LogP contribution is -2.29. The van der Waals surface area contributed by atoms with Crippen LogP contribution in [0.5, 0.6) is 5.75 Å². The molecule has 148 valence electrons. The second kappa shape index (κ2) is 7.37. The molecule has 2 heterocycles. The van der Waals surface area contributed by atoms with Crippen molar-refractivity contribution in [1.29, 1.82) is 0 Å². The number of amidine groups is 1. The smallest absolute Gasteiger partial charge is 0.283 e. The van der Waals surface area contributed by atoms with Crippen LogP contribution >= 0.6 is 11.6 Å². The van der Waals surface area contributed by atoms with Crippen LogP contribution in [0.2, 0.25) is 5.02 Å². The lowest BCUT2D eigenvalue weighted by Gasteiger charge is -2.27. The molecule has 1 unspecified atom stereocenters. The molecule has 0 fully saturated rings. The monoisotopic (exact) mass is 411 g/mol. The van der Waals surface area contributed by atoms with Crippen molar-refractivity contribution in [3.8, 4) is 16.9 Å². The summed E-state index contributed by atoms with van der Waals surface area (Å²) in [5, 5.41) is 0.430. The fourth-order valence-electron chi connectivity index (χ4n) is 3.64.